The SMILES string of the molecule is COc1ccc(CC(=O)OCCN(C)C(C)(C)C)cc1. The molecule has 112 valence electrons. The molecule has 0 aliphatic rings. The van der Waals surface area contributed by atoms with Crippen molar-refractivity contribution in [2.24, 2.45) is 0 Å². The molecule has 0 N–H and O–H groups in total. The third kappa shape index (κ3) is 5.61. The molecule has 0 aliphatic heterocycles. The fourth-order valence-corrected chi connectivity index (χ4v) is 1.59. The van der Waals surface area contributed by atoms with Gasteiger partial charge >= 0.3 is 5.97 Å². The molecule has 0 radical (unpaired) electrons. The zero-order valence-electron chi connectivity index (χ0n) is 13.1. The van der Waals surface area contributed by atoms with Crippen molar-refractivity contribution in [3.05, 3.63) is 29.8 Å². The zero-order chi connectivity index (χ0) is 15.2. The van der Waals surface area contributed by atoms with E-state index in [4.69, 9.17) is 9.47 Å². The third-order valence-corrected chi connectivity index (χ3v) is 3.34. The van der Waals surface area contributed by atoms with Gasteiger partial charge < -0.3 is 9.47 Å². The number of hydrogen-bond acceptors (Lipinski definition) is 4. The second kappa shape index (κ2) is 7.29. The van der Waals surface area contributed by atoms with Crippen LogP contribution in [0.15, 0.2) is 24.3 Å². The summed E-state index contributed by atoms with van der Waals surface area (Å²) in [7, 11) is 3.65. The van der Waals surface area contributed by atoms with Gasteiger partial charge in [0, 0.05) is 12.1 Å². The van der Waals surface area contributed by atoms with Crippen LogP contribution in [-0.2, 0) is 16.0 Å². The fraction of sp³-hybridized carbons (Fsp3) is 0.562. The molecule has 0 heterocycles. The van der Waals surface area contributed by atoms with Gasteiger partial charge in [-0.05, 0) is 45.5 Å². The standard InChI is InChI=1S/C16H25NO3/c1-16(2,3)17(4)10-11-20-15(18)12-13-6-8-14(19-5)9-7-13/h6-9H,10-12H2,1-5H3. The Bertz CT molecular complexity index is 420. The monoisotopic (exact) mass is 279 g/mol. The van der Waals surface area contributed by atoms with Crippen LogP contribution in [0, 0.1) is 0 Å². The summed E-state index contributed by atoms with van der Waals surface area (Å²) in [6, 6.07) is 7.44. The topological polar surface area (TPSA) is 38.8 Å². The predicted octanol–water partition coefficient (Wildman–Crippen LogP) is 2.51. The van der Waals surface area contributed by atoms with Gasteiger partial charge in [0.1, 0.15) is 12.4 Å². The Hall–Kier alpha value is -1.55. The van der Waals surface area contributed by atoms with Gasteiger partial charge in [0.05, 0.1) is 13.5 Å². The number of carbonyl (C=O) groups excluding carboxylic acids is 1. The third-order valence-electron chi connectivity index (χ3n) is 3.34. The summed E-state index contributed by atoms with van der Waals surface area (Å²) in [4.78, 5) is 13.9. The summed E-state index contributed by atoms with van der Waals surface area (Å²) in [6.07, 6.45) is 0.295. The molecule has 4 nitrogen and oxygen atoms in total. The van der Waals surface area contributed by atoms with E-state index in [0.29, 0.717) is 13.0 Å². The van der Waals surface area contributed by atoms with Gasteiger partial charge in [0.25, 0.3) is 0 Å². The molecule has 0 fully saturated rings. The van der Waals surface area contributed by atoms with Gasteiger partial charge in [-0.25, -0.2) is 0 Å². The van der Waals surface area contributed by atoms with Crippen molar-refractivity contribution in [2.45, 2.75) is 32.7 Å². The van der Waals surface area contributed by atoms with Crippen LogP contribution in [0.4, 0.5) is 0 Å². The Balaban J connectivity index is 2.33. The Labute approximate surface area is 121 Å². The molecule has 4 heteroatoms. The lowest BCUT2D eigenvalue weighted by Crippen LogP contribution is -2.40. The number of ether oxygens (including phenoxy) is 2. The number of likely N-dealkylation sites (N-methyl/N-ethyl adjacent to an activating group) is 1. The summed E-state index contributed by atoms with van der Waals surface area (Å²) in [6.45, 7) is 7.55. The maximum absolute atomic E-state index is 11.7. The van der Waals surface area contributed by atoms with Crippen LogP contribution in [0.3, 0.4) is 0 Å². The van der Waals surface area contributed by atoms with E-state index < -0.39 is 0 Å². The van der Waals surface area contributed by atoms with E-state index >= 15 is 0 Å². The van der Waals surface area contributed by atoms with Gasteiger partial charge in [0.2, 0.25) is 0 Å². The van der Waals surface area contributed by atoms with Crippen molar-refractivity contribution in [2.75, 3.05) is 27.3 Å². The van der Waals surface area contributed by atoms with Gasteiger partial charge in [-0.15, -0.1) is 0 Å². The van der Waals surface area contributed by atoms with Crippen molar-refractivity contribution in [3.63, 3.8) is 0 Å². The van der Waals surface area contributed by atoms with Crippen LogP contribution >= 0.6 is 0 Å². The normalized spacial score (nSPS) is 11.5. The summed E-state index contributed by atoms with van der Waals surface area (Å²) in [5, 5.41) is 0. The summed E-state index contributed by atoms with van der Waals surface area (Å²) >= 11 is 0. The summed E-state index contributed by atoms with van der Waals surface area (Å²) < 4.78 is 10.3. The Morgan fingerprint density at radius 1 is 1.20 bits per heavy atom. The summed E-state index contributed by atoms with van der Waals surface area (Å²) in [5.74, 6) is 0.589. The highest BCUT2D eigenvalue weighted by molar-refractivity contribution is 5.72. The first-order valence-electron chi connectivity index (χ1n) is 6.82. The number of nitrogens with zero attached hydrogens (tertiary/aromatic N) is 1. The molecule has 1 aromatic carbocycles. The van der Waals surface area contributed by atoms with Crippen molar-refractivity contribution in [3.8, 4) is 5.75 Å². The van der Waals surface area contributed by atoms with E-state index in [1.165, 1.54) is 0 Å². The van der Waals surface area contributed by atoms with E-state index in [1.807, 2.05) is 31.3 Å². The highest BCUT2D eigenvalue weighted by Gasteiger charge is 2.16. The molecular weight excluding hydrogens is 254 g/mol. The minimum Gasteiger partial charge on any atom is -0.497 e. The van der Waals surface area contributed by atoms with Gasteiger partial charge in [0.15, 0.2) is 0 Å². The second-order valence-electron chi connectivity index (χ2n) is 5.84. The minimum absolute atomic E-state index is 0.0857. The Kier molecular flexibility index (Phi) is 6.02. The van der Waals surface area contributed by atoms with Crippen LogP contribution in [0.25, 0.3) is 0 Å². The lowest BCUT2D eigenvalue weighted by Gasteiger charge is -2.31. The van der Waals surface area contributed by atoms with Crippen LogP contribution < -0.4 is 4.74 Å². The number of benzene rings is 1. The molecule has 0 aliphatic carbocycles. The minimum atomic E-state index is -0.197. The molecule has 0 aromatic heterocycles. The smallest absolute Gasteiger partial charge is 0.310 e. The molecule has 0 spiro atoms. The van der Waals surface area contributed by atoms with Crippen molar-refractivity contribution < 1.29 is 14.3 Å². The molecule has 20 heavy (non-hydrogen) atoms. The lowest BCUT2D eigenvalue weighted by atomic mass is 10.1. The van der Waals surface area contributed by atoms with E-state index in [-0.39, 0.29) is 11.5 Å². The molecule has 0 bridgehead atoms. The molecule has 0 atom stereocenters. The molecule has 1 aromatic rings. The first kappa shape index (κ1) is 16.5. The van der Waals surface area contributed by atoms with Crippen LogP contribution in [0.5, 0.6) is 5.75 Å². The number of methoxy groups -OCH3 is 1. The maximum Gasteiger partial charge on any atom is 0.310 e. The van der Waals surface area contributed by atoms with Crippen LogP contribution in [0.2, 0.25) is 0 Å². The molecular formula is C16H25NO3. The van der Waals surface area contributed by atoms with Crippen molar-refractivity contribution >= 4 is 5.97 Å². The maximum atomic E-state index is 11.7. The van der Waals surface area contributed by atoms with Crippen LogP contribution in [-0.4, -0.2) is 43.7 Å². The van der Waals surface area contributed by atoms with E-state index in [2.05, 4.69) is 25.7 Å². The molecule has 1 rings (SSSR count). The summed E-state index contributed by atoms with van der Waals surface area (Å²) in [5.41, 5.74) is 1.02. The van der Waals surface area contributed by atoms with Gasteiger partial charge in [-0.3, -0.25) is 9.69 Å². The molecule has 0 saturated heterocycles. The Morgan fingerprint density at radius 3 is 2.30 bits per heavy atom. The molecule has 0 unspecified atom stereocenters. The number of esters is 1. The van der Waals surface area contributed by atoms with E-state index in [1.54, 1.807) is 7.11 Å². The molecule has 0 amide bonds. The van der Waals surface area contributed by atoms with E-state index in [9.17, 15) is 4.79 Å². The highest BCUT2D eigenvalue weighted by Crippen LogP contribution is 2.12. The average Bonchev–Trinajstić information content (AvgIpc) is 2.38. The predicted molar refractivity (Wildman–Crippen MR) is 80.0 cm³/mol. The first-order chi connectivity index (χ1) is 9.32. The van der Waals surface area contributed by atoms with Crippen molar-refractivity contribution in [1.29, 1.82) is 0 Å². The van der Waals surface area contributed by atoms with E-state index in [0.717, 1.165) is 17.9 Å². The highest BCUT2D eigenvalue weighted by atomic mass is 16.5. The number of rotatable bonds is 6. The fourth-order valence-electron chi connectivity index (χ4n) is 1.59. The number of hydrogen-bond donors (Lipinski definition) is 0. The molecule has 0 saturated carbocycles. The van der Waals surface area contributed by atoms with Crippen molar-refractivity contribution in [1.82, 2.24) is 4.90 Å². The van der Waals surface area contributed by atoms with Gasteiger partial charge in [-0.2, -0.15) is 0 Å². The number of carbonyl (C=O) groups is 1. The van der Waals surface area contributed by atoms with Gasteiger partial charge in [-0.1, -0.05) is 12.1 Å². The van der Waals surface area contributed by atoms with Crippen LogP contribution in [0.1, 0.15) is 26.3 Å². The second-order valence-corrected chi connectivity index (χ2v) is 5.84. The first-order valence-corrected chi connectivity index (χ1v) is 6.82. The Morgan fingerprint density at radius 2 is 1.80 bits per heavy atom. The largest absolute Gasteiger partial charge is 0.497 e. The quantitative estimate of drug-likeness (QED) is 0.750. The lowest BCUT2D eigenvalue weighted by molar-refractivity contribution is -0.143. The average molecular weight is 279 g/mol. The zero-order valence-corrected chi connectivity index (χ0v) is 13.1.